The maximum Gasteiger partial charge on any atom is 0.324 e. The summed E-state index contributed by atoms with van der Waals surface area (Å²) in [7, 11) is 3.08. The van der Waals surface area contributed by atoms with Crippen LogP contribution in [0, 0.1) is 17.3 Å². The number of esters is 1. The van der Waals surface area contributed by atoms with Gasteiger partial charge in [0.15, 0.2) is 0 Å². The van der Waals surface area contributed by atoms with Crippen molar-refractivity contribution >= 4 is 40.5 Å². The van der Waals surface area contributed by atoms with Gasteiger partial charge in [0.2, 0.25) is 17.7 Å². The molecule has 63 heavy (non-hydrogen) atoms. The molecule has 0 saturated carbocycles. The fourth-order valence-electron chi connectivity index (χ4n) is 9.55. The highest BCUT2D eigenvalue weighted by Crippen LogP contribution is 2.40. The molecule has 7 rings (SSSR count). The van der Waals surface area contributed by atoms with Gasteiger partial charge in [0.1, 0.15) is 30.6 Å². The van der Waals surface area contributed by atoms with Gasteiger partial charge in [0, 0.05) is 74.6 Å². The first-order valence-corrected chi connectivity index (χ1v) is 21.9. The lowest BCUT2D eigenvalue weighted by molar-refractivity contribution is -0.157. The van der Waals surface area contributed by atoms with Crippen LogP contribution in [-0.2, 0) is 46.4 Å². The van der Waals surface area contributed by atoms with E-state index in [9.17, 15) is 24.0 Å². The Bertz CT molecular complexity index is 2380. The summed E-state index contributed by atoms with van der Waals surface area (Å²) in [6.45, 7) is 15.3. The molecule has 0 aliphatic carbocycles. The van der Waals surface area contributed by atoms with Crippen molar-refractivity contribution < 1.29 is 33.4 Å². The van der Waals surface area contributed by atoms with Crippen LogP contribution in [-0.4, -0.2) is 117 Å². The van der Waals surface area contributed by atoms with E-state index in [0.717, 1.165) is 38.9 Å². The number of cyclic esters (lactones) is 1. The van der Waals surface area contributed by atoms with Crippen LogP contribution in [0.4, 0.5) is 0 Å². The predicted molar refractivity (Wildman–Crippen MR) is 238 cm³/mol. The van der Waals surface area contributed by atoms with E-state index in [4.69, 9.17) is 9.47 Å². The standard InChI is InChI=1S/C48H60N8O7/c1-9-39(57)54-20-18-33(26-54)45(59)53(7)41(29(3)4)44(58)51-40-43(62-8)32-14-11-13-30(21-32)31-16-17-38-35(22-31)36(42(55(38)10-2)34-24-49-28-50-25-34)23-48(5,6)27-63-47(61)37-15-12-19-56(52-37)46(40)60/h9,11,13-14,16-17,21-22,24-25,28-29,33,37,40-41,43,52H,1,10,12,15,18-20,23,26-27H2,2-8H3,(H,51,58)/t33-,37-,40-,41-,43-/m0/s1. The summed E-state index contributed by atoms with van der Waals surface area (Å²) < 4.78 is 14.5. The van der Waals surface area contributed by atoms with Gasteiger partial charge >= 0.3 is 5.97 Å². The van der Waals surface area contributed by atoms with Crippen molar-refractivity contribution in [2.45, 2.75) is 91.1 Å². The van der Waals surface area contributed by atoms with Crippen LogP contribution in [0.25, 0.3) is 33.3 Å². The Labute approximate surface area is 369 Å². The third-order valence-electron chi connectivity index (χ3n) is 12.7. The smallest absolute Gasteiger partial charge is 0.324 e. The summed E-state index contributed by atoms with van der Waals surface area (Å²) in [5.41, 5.74) is 9.11. The number of likely N-dealkylation sites (tertiary alicyclic amines) is 1. The fraction of sp³-hybridized carbons (Fsp3) is 0.479. The molecule has 3 aliphatic heterocycles. The topological polar surface area (TPSA) is 168 Å². The Kier molecular flexibility index (Phi) is 13.5. The Morgan fingerprint density at radius 1 is 1.06 bits per heavy atom. The SMILES string of the molecule is C=CC(=O)N1CC[C@H](C(=O)N(C)[C@H](C(=O)N[C@@H]2C(=O)N3CCC[C@H](N3)C(=O)OCC(C)(C)Cc3c(-c4cncnc4)n(CC)c4ccc(cc34)-c3cccc(c3)[C@@H]2OC)C(C)C)C1. The number of nitrogens with zero attached hydrogens (tertiary/aromatic N) is 6. The van der Waals surface area contributed by atoms with Crippen molar-refractivity contribution in [2.24, 2.45) is 17.3 Å². The highest BCUT2D eigenvalue weighted by atomic mass is 16.5. The number of benzene rings is 2. The number of methoxy groups -OCH3 is 1. The molecule has 15 nitrogen and oxygen atoms in total. The van der Waals surface area contributed by atoms with Crippen LogP contribution in [0.3, 0.4) is 0 Å². The number of nitrogens with one attached hydrogen (secondary N) is 2. The quantitative estimate of drug-likeness (QED) is 0.171. The van der Waals surface area contributed by atoms with Gasteiger partial charge in [-0.1, -0.05) is 58.5 Å². The number of rotatable bonds is 9. The minimum atomic E-state index is -1.28. The second kappa shape index (κ2) is 18.8. The van der Waals surface area contributed by atoms with Crippen molar-refractivity contribution in [1.29, 1.82) is 0 Å². The number of carbonyl (C=O) groups excluding carboxylic acids is 5. The van der Waals surface area contributed by atoms with Crippen LogP contribution in [0.2, 0.25) is 0 Å². The number of aromatic nitrogens is 3. The molecule has 2 aromatic carbocycles. The lowest BCUT2D eigenvalue weighted by atomic mass is 9.84. The number of fused-ring (bicyclic) bond motifs is 6. The van der Waals surface area contributed by atoms with E-state index < -0.39 is 53.3 Å². The molecule has 2 fully saturated rings. The molecule has 4 aromatic rings. The molecule has 0 unspecified atom stereocenters. The molecule has 2 N–H and O–H groups in total. The molecule has 0 spiro atoms. The first-order chi connectivity index (χ1) is 30.2. The number of hydrazine groups is 1. The lowest BCUT2D eigenvalue weighted by Gasteiger charge is -2.38. The number of ether oxygens (including phenoxy) is 2. The van der Waals surface area contributed by atoms with Gasteiger partial charge in [-0.2, -0.15) is 0 Å². The number of hydrogen-bond donors (Lipinski definition) is 2. The Hall–Kier alpha value is -5.93. The second-order valence-electron chi connectivity index (χ2n) is 18.1. The number of aryl methyl sites for hydroxylation is 1. The number of hydrogen-bond acceptors (Lipinski definition) is 10. The number of carbonyl (C=O) groups is 5. The average Bonchev–Trinajstić information content (AvgIpc) is 3.90. The Morgan fingerprint density at radius 3 is 2.51 bits per heavy atom. The van der Waals surface area contributed by atoms with Crippen LogP contribution in [0.1, 0.15) is 71.1 Å². The minimum Gasteiger partial charge on any atom is -0.464 e. The van der Waals surface area contributed by atoms with Crippen molar-refractivity contribution in [3.05, 3.63) is 85.0 Å². The summed E-state index contributed by atoms with van der Waals surface area (Å²) in [5.74, 6) is -2.87. The molecule has 6 bridgehead atoms. The summed E-state index contributed by atoms with van der Waals surface area (Å²) in [4.78, 5) is 81.4. The Morgan fingerprint density at radius 2 is 1.81 bits per heavy atom. The third kappa shape index (κ3) is 9.26. The second-order valence-corrected chi connectivity index (χ2v) is 18.1. The zero-order valence-electron chi connectivity index (χ0n) is 37.4. The summed E-state index contributed by atoms with van der Waals surface area (Å²) in [5, 5.41) is 5.45. The fourth-order valence-corrected chi connectivity index (χ4v) is 9.55. The molecule has 0 radical (unpaired) electrons. The monoisotopic (exact) mass is 860 g/mol. The molecule has 5 heterocycles. The van der Waals surface area contributed by atoms with Crippen LogP contribution in [0.15, 0.2) is 73.8 Å². The summed E-state index contributed by atoms with van der Waals surface area (Å²) >= 11 is 0. The van der Waals surface area contributed by atoms with E-state index >= 15 is 0 Å². The van der Waals surface area contributed by atoms with Gasteiger partial charge in [-0.05, 0) is 85.1 Å². The highest BCUT2D eigenvalue weighted by molar-refractivity contribution is 5.96. The number of likely N-dealkylation sites (N-methyl/N-ethyl adjacent to an activating group) is 1. The van der Waals surface area contributed by atoms with E-state index in [2.05, 4.69) is 70.8 Å². The van der Waals surface area contributed by atoms with E-state index in [1.807, 2.05) is 50.5 Å². The normalized spacial score (nSPS) is 22.0. The predicted octanol–water partition coefficient (Wildman–Crippen LogP) is 5.10. The van der Waals surface area contributed by atoms with Crippen molar-refractivity contribution in [1.82, 2.24) is 40.1 Å². The van der Waals surface area contributed by atoms with Crippen molar-refractivity contribution in [3.63, 3.8) is 0 Å². The van der Waals surface area contributed by atoms with Crippen LogP contribution >= 0.6 is 0 Å². The first kappa shape index (κ1) is 45.1. The Balaban J connectivity index is 1.31. The number of amides is 4. The minimum absolute atomic E-state index is 0.125. The van der Waals surface area contributed by atoms with E-state index in [1.165, 1.54) is 29.4 Å². The van der Waals surface area contributed by atoms with Crippen LogP contribution < -0.4 is 10.7 Å². The summed E-state index contributed by atoms with van der Waals surface area (Å²) in [6, 6.07) is 11.1. The zero-order chi connectivity index (χ0) is 45.2. The van der Waals surface area contributed by atoms with Gasteiger partial charge in [0.05, 0.1) is 18.2 Å². The first-order valence-electron chi connectivity index (χ1n) is 21.9. The summed E-state index contributed by atoms with van der Waals surface area (Å²) in [6.07, 6.45) is 7.41. The van der Waals surface area contributed by atoms with Gasteiger partial charge in [0.25, 0.3) is 5.91 Å². The molecular formula is C48H60N8O7. The highest BCUT2D eigenvalue weighted by Gasteiger charge is 2.42. The molecule has 4 amide bonds. The van der Waals surface area contributed by atoms with E-state index in [-0.39, 0.29) is 37.4 Å². The molecule has 2 aromatic heterocycles. The molecule has 3 aliphatic rings. The van der Waals surface area contributed by atoms with Crippen molar-refractivity contribution in [3.8, 4) is 22.4 Å². The molecule has 5 atom stereocenters. The van der Waals surface area contributed by atoms with Gasteiger partial charge < -0.3 is 29.2 Å². The van der Waals surface area contributed by atoms with Gasteiger partial charge in [-0.3, -0.25) is 29.0 Å². The molecule has 15 heteroatoms. The lowest BCUT2D eigenvalue weighted by Crippen LogP contribution is -2.63. The van der Waals surface area contributed by atoms with Crippen molar-refractivity contribution in [2.75, 3.05) is 40.4 Å². The largest absolute Gasteiger partial charge is 0.464 e. The van der Waals surface area contributed by atoms with Crippen LogP contribution in [0.5, 0.6) is 0 Å². The maximum absolute atomic E-state index is 14.9. The van der Waals surface area contributed by atoms with E-state index in [0.29, 0.717) is 44.3 Å². The zero-order valence-corrected chi connectivity index (χ0v) is 37.4. The van der Waals surface area contributed by atoms with Gasteiger partial charge in [-0.25, -0.2) is 15.4 Å². The third-order valence-corrected chi connectivity index (χ3v) is 12.7. The van der Waals surface area contributed by atoms with Gasteiger partial charge in [-0.15, -0.1) is 0 Å². The molecule has 334 valence electrons. The van der Waals surface area contributed by atoms with E-state index in [1.54, 1.807) is 11.9 Å². The molecular weight excluding hydrogens is 801 g/mol. The average molecular weight is 861 g/mol. The maximum atomic E-state index is 14.9. The molecule has 2 saturated heterocycles.